The van der Waals surface area contributed by atoms with Crippen molar-refractivity contribution >= 4 is 6.29 Å². The maximum Gasteiger partial charge on any atom is 0.170 e. The molecule has 76 valence electrons. The molecular weight excluding hydrogens is 195 g/mol. The van der Waals surface area contributed by atoms with E-state index in [-0.39, 0.29) is 5.82 Å². The molecule has 0 fully saturated rings. The van der Waals surface area contributed by atoms with E-state index in [1.807, 2.05) is 6.07 Å². The second-order valence-corrected chi connectivity index (χ2v) is 3.24. The van der Waals surface area contributed by atoms with Crippen molar-refractivity contribution in [2.45, 2.75) is 6.42 Å². The number of rotatable bonds is 3. The molecule has 1 aromatic heterocycles. The lowest BCUT2D eigenvalue weighted by Gasteiger charge is -1.97. The smallest absolute Gasteiger partial charge is 0.170 e. The Morgan fingerprint density at radius 3 is 2.93 bits per heavy atom. The molecule has 0 atom stereocenters. The average Bonchev–Trinajstić information content (AvgIpc) is 2.65. The number of carbonyl (C=O) groups is 1. The van der Waals surface area contributed by atoms with Crippen LogP contribution in [0.15, 0.2) is 30.3 Å². The van der Waals surface area contributed by atoms with Gasteiger partial charge in [0.25, 0.3) is 0 Å². The fraction of sp³-hybridized carbons (Fsp3) is 0.0909. The zero-order valence-corrected chi connectivity index (χ0v) is 7.90. The molecule has 0 aliphatic rings. The number of halogens is 1. The molecule has 0 aliphatic carbocycles. The Balaban J connectivity index is 2.18. The first-order chi connectivity index (χ1) is 7.28. The molecule has 15 heavy (non-hydrogen) atoms. The number of hydrogen-bond acceptors (Lipinski definition) is 2. The Hall–Kier alpha value is -1.97. The van der Waals surface area contributed by atoms with Gasteiger partial charge in [0.05, 0.1) is 0 Å². The van der Waals surface area contributed by atoms with Crippen molar-refractivity contribution in [1.29, 1.82) is 0 Å². The van der Waals surface area contributed by atoms with Crippen molar-refractivity contribution in [3.8, 4) is 0 Å². The summed E-state index contributed by atoms with van der Waals surface area (Å²) in [7, 11) is 0. The molecule has 0 saturated heterocycles. The van der Waals surface area contributed by atoms with Gasteiger partial charge in [0, 0.05) is 12.1 Å². The fourth-order valence-corrected chi connectivity index (χ4v) is 1.40. The lowest BCUT2D eigenvalue weighted by Crippen LogP contribution is -1.89. The highest BCUT2D eigenvalue weighted by Gasteiger charge is 2.01. The summed E-state index contributed by atoms with van der Waals surface area (Å²) in [5.74, 6) is -0.261. The molecule has 0 aliphatic heterocycles. The van der Waals surface area contributed by atoms with Gasteiger partial charge in [-0.2, -0.15) is 5.10 Å². The van der Waals surface area contributed by atoms with E-state index < -0.39 is 0 Å². The zero-order chi connectivity index (χ0) is 10.7. The molecule has 1 aromatic carbocycles. The van der Waals surface area contributed by atoms with Crippen molar-refractivity contribution in [2.24, 2.45) is 0 Å². The van der Waals surface area contributed by atoms with Crippen LogP contribution in [-0.2, 0) is 6.42 Å². The first kappa shape index (κ1) is 9.58. The number of aromatic nitrogens is 2. The van der Waals surface area contributed by atoms with Gasteiger partial charge >= 0.3 is 0 Å². The second kappa shape index (κ2) is 4.04. The Morgan fingerprint density at radius 1 is 1.40 bits per heavy atom. The number of nitrogens with one attached hydrogen (secondary N) is 1. The maximum atomic E-state index is 12.9. The number of carbonyl (C=O) groups excluding carboxylic acids is 1. The molecule has 1 heterocycles. The van der Waals surface area contributed by atoms with Crippen LogP contribution in [0.4, 0.5) is 4.39 Å². The predicted molar refractivity (Wildman–Crippen MR) is 53.2 cm³/mol. The Morgan fingerprint density at radius 2 is 2.27 bits per heavy atom. The quantitative estimate of drug-likeness (QED) is 0.777. The summed E-state index contributed by atoms with van der Waals surface area (Å²) in [6, 6.07) is 7.98. The first-order valence-corrected chi connectivity index (χ1v) is 4.52. The minimum absolute atomic E-state index is 0.261. The van der Waals surface area contributed by atoms with Crippen molar-refractivity contribution < 1.29 is 9.18 Å². The standard InChI is InChI=1S/C11H9FN2O/c12-9-3-1-2-8(4-9)5-10-6-11(7-15)14-13-10/h1-4,6-7H,5H2,(H,13,14). The summed E-state index contributed by atoms with van der Waals surface area (Å²) >= 11 is 0. The van der Waals surface area contributed by atoms with Crippen LogP contribution >= 0.6 is 0 Å². The van der Waals surface area contributed by atoms with E-state index in [1.54, 1.807) is 12.1 Å². The van der Waals surface area contributed by atoms with E-state index >= 15 is 0 Å². The van der Waals surface area contributed by atoms with Gasteiger partial charge in [-0.15, -0.1) is 0 Å². The maximum absolute atomic E-state index is 12.9. The zero-order valence-electron chi connectivity index (χ0n) is 7.90. The highest BCUT2D eigenvalue weighted by atomic mass is 19.1. The molecular formula is C11H9FN2O. The van der Waals surface area contributed by atoms with Crippen molar-refractivity contribution in [3.63, 3.8) is 0 Å². The molecule has 0 unspecified atom stereocenters. The summed E-state index contributed by atoms with van der Waals surface area (Å²) in [4.78, 5) is 10.4. The van der Waals surface area contributed by atoms with Crippen molar-refractivity contribution in [2.75, 3.05) is 0 Å². The highest BCUT2D eigenvalue weighted by molar-refractivity contribution is 5.71. The summed E-state index contributed by atoms with van der Waals surface area (Å²) in [5.41, 5.74) is 2.00. The molecule has 3 nitrogen and oxygen atoms in total. The summed E-state index contributed by atoms with van der Waals surface area (Å²) < 4.78 is 12.9. The number of hydrogen-bond donors (Lipinski definition) is 1. The second-order valence-electron chi connectivity index (χ2n) is 3.24. The minimum atomic E-state index is -0.261. The number of nitrogens with zero attached hydrogens (tertiary/aromatic N) is 1. The van der Waals surface area contributed by atoms with Crippen LogP contribution in [-0.4, -0.2) is 16.5 Å². The van der Waals surface area contributed by atoms with Gasteiger partial charge in [-0.1, -0.05) is 12.1 Å². The van der Waals surface area contributed by atoms with Gasteiger partial charge in [0.1, 0.15) is 11.5 Å². The Bertz CT molecular complexity index is 479. The van der Waals surface area contributed by atoms with Crippen LogP contribution in [0.3, 0.4) is 0 Å². The molecule has 0 amide bonds. The summed E-state index contributed by atoms with van der Waals surface area (Å²) in [5, 5.41) is 6.49. The summed E-state index contributed by atoms with van der Waals surface area (Å²) in [6.45, 7) is 0. The summed E-state index contributed by atoms with van der Waals surface area (Å²) in [6.07, 6.45) is 1.21. The van der Waals surface area contributed by atoms with Crippen LogP contribution in [0.2, 0.25) is 0 Å². The van der Waals surface area contributed by atoms with Gasteiger partial charge in [-0.05, 0) is 23.8 Å². The first-order valence-electron chi connectivity index (χ1n) is 4.52. The molecule has 0 radical (unpaired) electrons. The van der Waals surface area contributed by atoms with Crippen molar-refractivity contribution in [1.82, 2.24) is 10.2 Å². The van der Waals surface area contributed by atoms with Crippen LogP contribution in [0.1, 0.15) is 21.7 Å². The molecule has 0 spiro atoms. The van der Waals surface area contributed by atoms with E-state index in [1.165, 1.54) is 12.1 Å². The van der Waals surface area contributed by atoms with E-state index in [0.29, 0.717) is 18.4 Å². The average molecular weight is 204 g/mol. The third-order valence-electron chi connectivity index (χ3n) is 2.06. The van der Waals surface area contributed by atoms with Crippen LogP contribution in [0, 0.1) is 5.82 Å². The van der Waals surface area contributed by atoms with Gasteiger partial charge < -0.3 is 0 Å². The van der Waals surface area contributed by atoms with Crippen LogP contribution in [0.5, 0.6) is 0 Å². The van der Waals surface area contributed by atoms with E-state index in [0.717, 1.165) is 11.3 Å². The van der Waals surface area contributed by atoms with Crippen LogP contribution < -0.4 is 0 Å². The normalized spacial score (nSPS) is 10.2. The van der Waals surface area contributed by atoms with Crippen molar-refractivity contribution in [3.05, 3.63) is 53.1 Å². The molecule has 1 N–H and O–H groups in total. The molecule has 0 saturated carbocycles. The number of benzene rings is 1. The van der Waals surface area contributed by atoms with E-state index in [9.17, 15) is 9.18 Å². The third-order valence-corrected chi connectivity index (χ3v) is 2.06. The largest absolute Gasteiger partial charge is 0.296 e. The van der Waals surface area contributed by atoms with Crippen LogP contribution in [0.25, 0.3) is 0 Å². The highest BCUT2D eigenvalue weighted by Crippen LogP contribution is 2.09. The number of H-pyrrole nitrogens is 1. The van der Waals surface area contributed by atoms with Gasteiger partial charge in [0.2, 0.25) is 0 Å². The minimum Gasteiger partial charge on any atom is -0.296 e. The predicted octanol–water partition coefficient (Wildman–Crippen LogP) is 1.95. The molecule has 4 heteroatoms. The van der Waals surface area contributed by atoms with E-state index in [4.69, 9.17) is 0 Å². The molecule has 2 aromatic rings. The number of aldehydes is 1. The van der Waals surface area contributed by atoms with Gasteiger partial charge in [0.15, 0.2) is 6.29 Å². The van der Waals surface area contributed by atoms with E-state index in [2.05, 4.69) is 10.2 Å². The number of aromatic amines is 1. The van der Waals surface area contributed by atoms with Gasteiger partial charge in [-0.3, -0.25) is 9.89 Å². The lowest BCUT2D eigenvalue weighted by atomic mass is 10.1. The molecule has 0 bridgehead atoms. The fourth-order valence-electron chi connectivity index (χ4n) is 1.40. The third kappa shape index (κ3) is 2.28. The monoisotopic (exact) mass is 204 g/mol. The van der Waals surface area contributed by atoms with Gasteiger partial charge in [-0.25, -0.2) is 4.39 Å². The SMILES string of the molecule is O=Cc1cc(Cc2cccc(F)c2)[nH]n1. The lowest BCUT2D eigenvalue weighted by molar-refractivity contribution is 0.111. The Kier molecular flexibility index (Phi) is 2.58. The molecule has 2 rings (SSSR count). The Labute approximate surface area is 85.9 Å². The topological polar surface area (TPSA) is 45.8 Å².